The molecule has 106 valence electrons. The van der Waals surface area contributed by atoms with Crippen molar-refractivity contribution in [1.29, 1.82) is 0 Å². The second-order valence-corrected chi connectivity index (χ2v) is 5.72. The van der Waals surface area contributed by atoms with Gasteiger partial charge >= 0.3 is 0 Å². The van der Waals surface area contributed by atoms with Crippen molar-refractivity contribution < 1.29 is 4.79 Å². The van der Waals surface area contributed by atoms with Crippen LogP contribution in [0, 0.1) is 5.92 Å². The molecule has 1 aromatic heterocycles. The van der Waals surface area contributed by atoms with Crippen molar-refractivity contribution in [2.45, 2.75) is 52.2 Å². The lowest BCUT2D eigenvalue weighted by Crippen LogP contribution is -2.42. The third-order valence-corrected chi connectivity index (χ3v) is 3.48. The molecular weight excluding hydrogens is 242 g/mol. The third kappa shape index (κ3) is 3.12. The number of aryl methyl sites for hydroxylation is 1. The quantitative estimate of drug-likeness (QED) is 0.843. The van der Waals surface area contributed by atoms with E-state index in [1.165, 1.54) is 0 Å². The van der Waals surface area contributed by atoms with Gasteiger partial charge in [-0.15, -0.1) is 10.2 Å². The Hall–Kier alpha value is -1.43. The molecule has 0 fully saturated rings. The summed E-state index contributed by atoms with van der Waals surface area (Å²) < 4.78 is 2.11. The van der Waals surface area contributed by atoms with Gasteiger partial charge in [0, 0.05) is 20.0 Å². The lowest BCUT2D eigenvalue weighted by atomic mass is 10.0. The zero-order valence-corrected chi connectivity index (χ0v) is 12.0. The molecular formula is C13H23N5O. The summed E-state index contributed by atoms with van der Waals surface area (Å²) in [5, 5.41) is 8.30. The Morgan fingerprint density at radius 1 is 1.47 bits per heavy atom. The molecule has 1 aliphatic rings. The first-order valence-electron chi connectivity index (χ1n) is 6.90. The number of hydrogen-bond donors (Lipinski definition) is 1. The van der Waals surface area contributed by atoms with Gasteiger partial charge in [-0.2, -0.15) is 0 Å². The van der Waals surface area contributed by atoms with Gasteiger partial charge in [0.15, 0.2) is 5.82 Å². The smallest absolute Gasteiger partial charge is 0.239 e. The number of amides is 1. The predicted molar refractivity (Wildman–Crippen MR) is 72.2 cm³/mol. The summed E-state index contributed by atoms with van der Waals surface area (Å²) in [6.07, 6.45) is 2.81. The summed E-state index contributed by atoms with van der Waals surface area (Å²) in [7, 11) is 1.78. The van der Waals surface area contributed by atoms with Crippen molar-refractivity contribution in [2.24, 2.45) is 11.7 Å². The zero-order chi connectivity index (χ0) is 14.0. The van der Waals surface area contributed by atoms with Crippen LogP contribution in [0.2, 0.25) is 0 Å². The van der Waals surface area contributed by atoms with E-state index in [2.05, 4.69) is 28.6 Å². The Kier molecular flexibility index (Phi) is 4.19. The van der Waals surface area contributed by atoms with Crippen molar-refractivity contribution in [2.75, 3.05) is 7.05 Å². The van der Waals surface area contributed by atoms with Crippen molar-refractivity contribution in [3.63, 3.8) is 0 Å². The highest BCUT2D eigenvalue weighted by atomic mass is 16.2. The number of fused-ring (bicyclic) bond motifs is 1. The summed E-state index contributed by atoms with van der Waals surface area (Å²) in [5.41, 5.74) is 5.93. The monoisotopic (exact) mass is 265 g/mol. The molecule has 6 nitrogen and oxygen atoms in total. The molecule has 1 atom stereocenters. The minimum absolute atomic E-state index is 0.0240. The molecule has 0 spiro atoms. The molecule has 0 saturated carbocycles. The molecule has 19 heavy (non-hydrogen) atoms. The summed E-state index contributed by atoms with van der Waals surface area (Å²) >= 11 is 0. The average Bonchev–Trinajstić information content (AvgIpc) is 2.92. The van der Waals surface area contributed by atoms with Crippen LogP contribution in [-0.2, 0) is 24.3 Å². The Morgan fingerprint density at radius 2 is 2.21 bits per heavy atom. The molecule has 0 radical (unpaired) electrons. The second kappa shape index (κ2) is 5.69. The van der Waals surface area contributed by atoms with E-state index in [9.17, 15) is 4.79 Å². The fourth-order valence-electron chi connectivity index (χ4n) is 2.51. The molecule has 2 N–H and O–H groups in total. The normalized spacial score (nSPS) is 15.6. The standard InChI is InChI=1S/C13H23N5O/c1-9(2)7-10(14)13(19)17(3)8-12-16-15-11-5-4-6-18(11)12/h9-10H,4-8,14H2,1-3H3/t10-/m1/s1. The van der Waals surface area contributed by atoms with Gasteiger partial charge in [-0.3, -0.25) is 4.79 Å². The average molecular weight is 265 g/mol. The number of carbonyl (C=O) groups excluding carboxylic acids is 1. The van der Waals surface area contributed by atoms with Crippen molar-refractivity contribution in [3.8, 4) is 0 Å². The van der Waals surface area contributed by atoms with Gasteiger partial charge in [-0.1, -0.05) is 13.8 Å². The second-order valence-electron chi connectivity index (χ2n) is 5.72. The minimum Gasteiger partial charge on any atom is -0.337 e. The van der Waals surface area contributed by atoms with Crippen molar-refractivity contribution in [3.05, 3.63) is 11.6 Å². The first-order valence-corrected chi connectivity index (χ1v) is 6.90. The largest absolute Gasteiger partial charge is 0.337 e. The highest BCUT2D eigenvalue weighted by Gasteiger charge is 2.23. The van der Waals surface area contributed by atoms with Crippen LogP contribution in [0.3, 0.4) is 0 Å². The van der Waals surface area contributed by atoms with Crippen LogP contribution in [0.15, 0.2) is 0 Å². The van der Waals surface area contributed by atoms with E-state index in [1.807, 2.05) is 0 Å². The molecule has 0 bridgehead atoms. The Bertz CT molecular complexity index is 454. The molecule has 0 aliphatic carbocycles. The number of nitrogens with zero attached hydrogens (tertiary/aromatic N) is 4. The summed E-state index contributed by atoms with van der Waals surface area (Å²) in [6.45, 7) is 5.58. The van der Waals surface area contributed by atoms with E-state index >= 15 is 0 Å². The van der Waals surface area contributed by atoms with Gasteiger partial charge in [0.25, 0.3) is 0 Å². The van der Waals surface area contributed by atoms with Gasteiger partial charge in [-0.25, -0.2) is 0 Å². The van der Waals surface area contributed by atoms with E-state index in [0.29, 0.717) is 18.9 Å². The molecule has 0 unspecified atom stereocenters. The predicted octanol–water partition coefficient (Wildman–Crippen LogP) is 0.556. The fraction of sp³-hybridized carbons (Fsp3) is 0.769. The summed E-state index contributed by atoms with van der Waals surface area (Å²) in [4.78, 5) is 13.8. The summed E-state index contributed by atoms with van der Waals surface area (Å²) in [6, 6.07) is -0.425. The maximum atomic E-state index is 12.1. The van der Waals surface area contributed by atoms with Crippen LogP contribution in [0.5, 0.6) is 0 Å². The van der Waals surface area contributed by atoms with Crippen LogP contribution in [0.25, 0.3) is 0 Å². The molecule has 2 heterocycles. The van der Waals surface area contributed by atoms with Gasteiger partial charge in [-0.05, 0) is 18.8 Å². The Balaban J connectivity index is 1.96. The maximum Gasteiger partial charge on any atom is 0.239 e. The fourth-order valence-corrected chi connectivity index (χ4v) is 2.51. The van der Waals surface area contributed by atoms with Crippen LogP contribution in [-0.4, -0.2) is 38.7 Å². The van der Waals surface area contributed by atoms with Gasteiger partial charge in [0.1, 0.15) is 5.82 Å². The van der Waals surface area contributed by atoms with Crippen LogP contribution < -0.4 is 5.73 Å². The Labute approximate surface area is 114 Å². The molecule has 0 aromatic carbocycles. The van der Waals surface area contributed by atoms with Gasteiger partial charge < -0.3 is 15.2 Å². The number of carbonyl (C=O) groups is 1. The molecule has 6 heteroatoms. The number of nitrogens with two attached hydrogens (primary N) is 1. The zero-order valence-electron chi connectivity index (χ0n) is 12.0. The number of aromatic nitrogens is 3. The molecule has 2 rings (SSSR count). The highest BCUT2D eigenvalue weighted by molar-refractivity contribution is 5.81. The van der Waals surface area contributed by atoms with Crippen LogP contribution >= 0.6 is 0 Å². The molecule has 1 amide bonds. The first-order chi connectivity index (χ1) is 8.99. The number of hydrogen-bond acceptors (Lipinski definition) is 4. The van der Waals surface area contributed by atoms with Crippen LogP contribution in [0.1, 0.15) is 38.3 Å². The van der Waals surface area contributed by atoms with E-state index in [0.717, 1.165) is 31.0 Å². The van der Waals surface area contributed by atoms with Crippen molar-refractivity contribution in [1.82, 2.24) is 19.7 Å². The third-order valence-electron chi connectivity index (χ3n) is 3.48. The van der Waals surface area contributed by atoms with Gasteiger partial charge in [0.2, 0.25) is 5.91 Å². The minimum atomic E-state index is -0.425. The van der Waals surface area contributed by atoms with Crippen molar-refractivity contribution >= 4 is 5.91 Å². The molecule has 1 aliphatic heterocycles. The summed E-state index contributed by atoms with van der Waals surface area (Å²) in [5.74, 6) is 2.29. The Morgan fingerprint density at radius 3 is 2.89 bits per heavy atom. The molecule has 0 saturated heterocycles. The van der Waals surface area contributed by atoms with E-state index in [1.54, 1.807) is 11.9 Å². The highest BCUT2D eigenvalue weighted by Crippen LogP contribution is 2.15. The molecule has 1 aromatic rings. The first kappa shape index (κ1) is 14.0. The van der Waals surface area contributed by atoms with Crippen LogP contribution in [0.4, 0.5) is 0 Å². The SMILES string of the molecule is CC(C)C[C@@H](N)C(=O)N(C)Cc1nnc2n1CCC2. The van der Waals surface area contributed by atoms with E-state index in [-0.39, 0.29) is 5.91 Å². The van der Waals surface area contributed by atoms with E-state index < -0.39 is 6.04 Å². The number of likely N-dealkylation sites (N-methyl/N-ethyl adjacent to an activating group) is 1. The van der Waals surface area contributed by atoms with Gasteiger partial charge in [0.05, 0.1) is 12.6 Å². The maximum absolute atomic E-state index is 12.1. The lowest BCUT2D eigenvalue weighted by molar-refractivity contribution is -0.132. The number of rotatable bonds is 5. The topological polar surface area (TPSA) is 77.0 Å². The lowest BCUT2D eigenvalue weighted by Gasteiger charge is -2.22. The van der Waals surface area contributed by atoms with E-state index in [4.69, 9.17) is 5.73 Å².